The number of hydrogen-bond donors (Lipinski definition) is 2. The molecule has 6 heteroatoms. The zero-order chi connectivity index (χ0) is 17.8. The molecular weight excluding hydrogens is 375 g/mol. The van der Waals surface area contributed by atoms with Crippen molar-refractivity contribution in [2.45, 2.75) is 6.10 Å². The van der Waals surface area contributed by atoms with Crippen LogP contribution in [0.1, 0.15) is 22.1 Å². The van der Waals surface area contributed by atoms with Gasteiger partial charge in [-0.1, -0.05) is 41.4 Å². The molecule has 1 aromatic carbocycles. The smallest absolute Gasteiger partial charge is 0.108 e. The van der Waals surface area contributed by atoms with Crippen LogP contribution in [0.4, 0.5) is 0 Å². The molecule has 1 atom stereocenters. The quantitative estimate of drug-likeness (QED) is 0.555. The largest absolute Gasteiger partial charge is 0.384 e. The minimum absolute atomic E-state index is 0.220. The Bertz CT molecular complexity index is 905. The average Bonchev–Trinajstić information content (AvgIpc) is 3.05. The number of halogens is 2. The Kier molecular flexibility index (Phi) is 5.66. The molecule has 3 nitrogen and oxygen atoms in total. The van der Waals surface area contributed by atoms with Crippen molar-refractivity contribution in [3.8, 4) is 0 Å². The summed E-state index contributed by atoms with van der Waals surface area (Å²) in [4.78, 5) is 4.91. The molecule has 126 valence electrons. The van der Waals surface area contributed by atoms with E-state index in [2.05, 4.69) is 4.98 Å². The fraction of sp³-hybridized carbons (Fsp3) is 0.0526. The van der Waals surface area contributed by atoms with Crippen LogP contribution >= 0.6 is 34.5 Å². The normalized spacial score (nSPS) is 12.8. The van der Waals surface area contributed by atoms with Crippen molar-refractivity contribution in [3.05, 3.63) is 91.9 Å². The fourth-order valence-corrected chi connectivity index (χ4v) is 3.49. The molecule has 3 rings (SSSR count). The first-order valence-electron chi connectivity index (χ1n) is 7.44. The number of aromatic nitrogens is 1. The van der Waals surface area contributed by atoms with Crippen LogP contribution in [0.3, 0.4) is 0 Å². The highest BCUT2D eigenvalue weighted by Crippen LogP contribution is 2.30. The zero-order valence-electron chi connectivity index (χ0n) is 13.0. The highest BCUT2D eigenvalue weighted by Gasteiger charge is 2.19. The fourth-order valence-electron chi connectivity index (χ4n) is 2.35. The predicted molar refractivity (Wildman–Crippen MR) is 105 cm³/mol. The van der Waals surface area contributed by atoms with E-state index in [1.165, 1.54) is 11.3 Å². The van der Waals surface area contributed by atoms with Gasteiger partial charge in [-0.05, 0) is 42.0 Å². The van der Waals surface area contributed by atoms with Gasteiger partial charge in [0.15, 0.2) is 0 Å². The van der Waals surface area contributed by atoms with Gasteiger partial charge in [0.25, 0.3) is 0 Å². The maximum atomic E-state index is 10.8. The van der Waals surface area contributed by atoms with E-state index >= 15 is 0 Å². The molecule has 0 fully saturated rings. The lowest BCUT2D eigenvalue weighted by molar-refractivity contribution is 0.222. The van der Waals surface area contributed by atoms with Gasteiger partial charge in [-0.25, -0.2) is 0 Å². The maximum absolute atomic E-state index is 10.8. The van der Waals surface area contributed by atoms with Gasteiger partial charge in [0.2, 0.25) is 0 Å². The third-order valence-corrected chi connectivity index (χ3v) is 5.04. The van der Waals surface area contributed by atoms with Gasteiger partial charge in [0.1, 0.15) is 6.10 Å². The minimum atomic E-state index is -0.974. The highest BCUT2D eigenvalue weighted by atomic mass is 35.5. The van der Waals surface area contributed by atoms with Gasteiger partial charge >= 0.3 is 0 Å². The summed E-state index contributed by atoms with van der Waals surface area (Å²) >= 11 is 13.3. The lowest BCUT2D eigenvalue weighted by Gasteiger charge is -2.16. The van der Waals surface area contributed by atoms with E-state index < -0.39 is 6.10 Å². The maximum Gasteiger partial charge on any atom is 0.108 e. The number of aliphatic hydroxyl groups is 1. The molecule has 2 heterocycles. The van der Waals surface area contributed by atoms with Crippen LogP contribution < -0.4 is 0 Å². The van der Waals surface area contributed by atoms with Crippen LogP contribution in [-0.2, 0) is 0 Å². The molecule has 2 N–H and O–H groups in total. The first-order valence-corrected chi connectivity index (χ1v) is 9.01. The number of pyridine rings is 1. The Balaban J connectivity index is 2.03. The molecule has 0 saturated heterocycles. The Morgan fingerprint density at radius 3 is 2.48 bits per heavy atom. The number of nitrogens with one attached hydrogen (secondary N) is 1. The Labute approximate surface area is 159 Å². The van der Waals surface area contributed by atoms with Crippen molar-refractivity contribution < 1.29 is 5.11 Å². The topological polar surface area (TPSA) is 57.0 Å². The molecule has 0 saturated carbocycles. The van der Waals surface area contributed by atoms with Gasteiger partial charge in [-0.3, -0.25) is 10.4 Å². The number of aliphatic hydroxyl groups excluding tert-OH is 1. The molecule has 3 aromatic rings. The van der Waals surface area contributed by atoms with Crippen molar-refractivity contribution >= 4 is 46.3 Å². The van der Waals surface area contributed by atoms with E-state index in [0.717, 1.165) is 4.88 Å². The third kappa shape index (κ3) is 4.35. The van der Waals surface area contributed by atoms with Crippen LogP contribution in [0.2, 0.25) is 9.36 Å². The van der Waals surface area contributed by atoms with Gasteiger partial charge in [-0.2, -0.15) is 0 Å². The van der Waals surface area contributed by atoms with Crippen LogP contribution in [0, 0.1) is 5.41 Å². The van der Waals surface area contributed by atoms with Crippen LogP contribution in [0.15, 0.2) is 66.5 Å². The second-order valence-corrected chi connectivity index (χ2v) is 7.50. The van der Waals surface area contributed by atoms with Gasteiger partial charge in [0, 0.05) is 33.4 Å². The molecule has 25 heavy (non-hydrogen) atoms. The van der Waals surface area contributed by atoms with E-state index in [-0.39, 0.29) is 5.71 Å². The SMILES string of the molecule is N=C(C(=Cc1ccc(Cl)s1)C(O)c1cccnc1)c1ccc(Cl)cc1. The monoisotopic (exact) mass is 388 g/mol. The average molecular weight is 389 g/mol. The highest BCUT2D eigenvalue weighted by molar-refractivity contribution is 7.17. The molecule has 0 spiro atoms. The second kappa shape index (κ2) is 7.93. The van der Waals surface area contributed by atoms with Gasteiger partial charge in [0.05, 0.1) is 10.0 Å². The number of nitrogens with zero attached hydrogens (tertiary/aromatic N) is 1. The number of rotatable bonds is 5. The first-order chi connectivity index (χ1) is 12.0. The van der Waals surface area contributed by atoms with E-state index in [1.54, 1.807) is 60.9 Å². The lowest BCUT2D eigenvalue weighted by Crippen LogP contribution is -2.12. The van der Waals surface area contributed by atoms with Crippen LogP contribution in [0.5, 0.6) is 0 Å². The Hall–Kier alpha value is -1.98. The molecule has 0 aliphatic heterocycles. The molecule has 0 bridgehead atoms. The van der Waals surface area contributed by atoms with Crippen LogP contribution in [0.25, 0.3) is 6.08 Å². The number of thiophene rings is 1. The summed E-state index contributed by atoms with van der Waals surface area (Å²) in [7, 11) is 0. The van der Waals surface area contributed by atoms with Crippen molar-refractivity contribution in [3.63, 3.8) is 0 Å². The summed E-state index contributed by atoms with van der Waals surface area (Å²) in [6.45, 7) is 0. The number of hydrogen-bond acceptors (Lipinski definition) is 4. The van der Waals surface area contributed by atoms with Crippen LogP contribution in [-0.4, -0.2) is 15.8 Å². The van der Waals surface area contributed by atoms with Crippen molar-refractivity contribution in [1.82, 2.24) is 4.98 Å². The summed E-state index contributed by atoms with van der Waals surface area (Å²) in [5.74, 6) is 0. The number of benzene rings is 1. The third-order valence-electron chi connectivity index (χ3n) is 3.61. The molecule has 2 aromatic heterocycles. The molecule has 0 amide bonds. The molecule has 1 unspecified atom stereocenters. The van der Waals surface area contributed by atoms with E-state index in [9.17, 15) is 5.11 Å². The Morgan fingerprint density at radius 1 is 1.12 bits per heavy atom. The molecule has 0 radical (unpaired) electrons. The van der Waals surface area contributed by atoms with E-state index in [1.807, 2.05) is 6.07 Å². The Morgan fingerprint density at radius 2 is 1.88 bits per heavy atom. The van der Waals surface area contributed by atoms with Crippen molar-refractivity contribution in [2.75, 3.05) is 0 Å². The van der Waals surface area contributed by atoms with E-state index in [0.29, 0.717) is 26.1 Å². The summed E-state index contributed by atoms with van der Waals surface area (Å²) in [6.07, 6.45) is 4.04. The lowest BCUT2D eigenvalue weighted by atomic mass is 9.94. The van der Waals surface area contributed by atoms with Crippen molar-refractivity contribution in [2.24, 2.45) is 0 Å². The molecule has 0 aliphatic carbocycles. The summed E-state index contributed by atoms with van der Waals surface area (Å²) in [6, 6.07) is 14.1. The molecular formula is C19H14Cl2N2OS. The van der Waals surface area contributed by atoms with Gasteiger partial charge < -0.3 is 5.11 Å². The summed E-state index contributed by atoms with van der Waals surface area (Å²) < 4.78 is 0.652. The first kappa shape index (κ1) is 17.8. The second-order valence-electron chi connectivity index (χ2n) is 5.31. The van der Waals surface area contributed by atoms with Gasteiger partial charge in [-0.15, -0.1) is 11.3 Å². The standard InChI is InChI=1S/C19H14Cl2N2OS/c20-14-5-3-12(4-6-14)18(22)16(10-15-7-8-17(21)25-15)19(24)13-2-1-9-23-11-13/h1-11,19,22,24H. The predicted octanol–water partition coefficient (Wildman–Crippen LogP) is 5.63. The summed E-state index contributed by atoms with van der Waals surface area (Å²) in [5.41, 5.74) is 1.97. The summed E-state index contributed by atoms with van der Waals surface area (Å²) in [5, 5.41) is 20.0. The molecule has 0 aliphatic rings. The minimum Gasteiger partial charge on any atom is -0.384 e. The van der Waals surface area contributed by atoms with E-state index in [4.69, 9.17) is 28.6 Å². The van der Waals surface area contributed by atoms with Crippen molar-refractivity contribution in [1.29, 1.82) is 5.41 Å². The zero-order valence-corrected chi connectivity index (χ0v) is 15.3.